The van der Waals surface area contributed by atoms with Crippen LogP contribution in [0.1, 0.15) is 47.0 Å². The lowest BCUT2D eigenvalue weighted by Gasteiger charge is -2.34. The highest BCUT2D eigenvalue weighted by Crippen LogP contribution is 2.52. The quantitative estimate of drug-likeness (QED) is 0.780. The molecule has 2 N–H and O–H groups in total. The average Bonchev–Trinajstić information content (AvgIpc) is 2.79. The van der Waals surface area contributed by atoms with Crippen LogP contribution in [0, 0.1) is 0 Å². The molecule has 1 fully saturated rings. The first kappa shape index (κ1) is 11.2. The lowest BCUT2D eigenvalue weighted by Crippen LogP contribution is -2.32. The summed E-state index contributed by atoms with van der Waals surface area (Å²) in [6, 6.07) is 0. The number of thiophene rings is 1. The number of nitrogens with two attached hydrogens (primary N) is 1. The fourth-order valence-electron chi connectivity index (χ4n) is 3.32. The summed E-state index contributed by atoms with van der Waals surface area (Å²) in [6.07, 6.45) is 4.32. The van der Waals surface area contributed by atoms with Gasteiger partial charge in [0.15, 0.2) is 5.78 Å². The van der Waals surface area contributed by atoms with Gasteiger partial charge in [-0.25, -0.2) is 0 Å². The maximum atomic E-state index is 11.8. The Kier molecular flexibility index (Phi) is 2.52. The number of rotatable bonds is 1. The molecule has 17 heavy (non-hydrogen) atoms. The highest BCUT2D eigenvalue weighted by Gasteiger charge is 2.44. The number of Topliss-reactive ketones (excluding diaryl/α,β-unsaturated/α-hetero) is 1. The van der Waals surface area contributed by atoms with Crippen molar-refractivity contribution in [3.63, 3.8) is 0 Å². The minimum atomic E-state index is 0.118. The van der Waals surface area contributed by atoms with Crippen LogP contribution in [-0.4, -0.2) is 19.0 Å². The zero-order valence-corrected chi connectivity index (χ0v) is 10.9. The zero-order valence-electron chi connectivity index (χ0n) is 10.0. The molecule has 1 spiro atoms. The topological polar surface area (TPSA) is 52.3 Å². The number of hydrogen-bond donors (Lipinski definition) is 1. The Labute approximate surface area is 105 Å². The standard InChI is InChI=1S/C13H17NO2S/c1-8(15)10-11-9(17-12(10)14)2-3-13(11)4-6-16-7-5-13/h2-7,14H2,1H3. The Balaban J connectivity index is 2.14. The third-order valence-electron chi connectivity index (χ3n) is 4.17. The monoisotopic (exact) mass is 251 g/mol. The number of ketones is 1. The summed E-state index contributed by atoms with van der Waals surface area (Å²) in [5.41, 5.74) is 8.28. The van der Waals surface area contributed by atoms with E-state index in [1.54, 1.807) is 18.3 Å². The summed E-state index contributed by atoms with van der Waals surface area (Å²) in [6.45, 7) is 3.25. The van der Waals surface area contributed by atoms with E-state index in [1.807, 2.05) is 0 Å². The van der Waals surface area contributed by atoms with Gasteiger partial charge < -0.3 is 10.5 Å². The number of ether oxygens (including phenoxy) is 1. The first-order chi connectivity index (χ1) is 8.14. The highest BCUT2D eigenvalue weighted by atomic mass is 32.1. The van der Waals surface area contributed by atoms with Crippen molar-refractivity contribution in [1.29, 1.82) is 0 Å². The molecule has 0 unspecified atom stereocenters. The lowest BCUT2D eigenvalue weighted by atomic mass is 9.74. The Morgan fingerprint density at radius 1 is 1.35 bits per heavy atom. The van der Waals surface area contributed by atoms with Crippen LogP contribution in [0.15, 0.2) is 0 Å². The van der Waals surface area contributed by atoms with Crippen LogP contribution >= 0.6 is 11.3 Å². The van der Waals surface area contributed by atoms with E-state index in [4.69, 9.17) is 10.5 Å². The summed E-state index contributed by atoms with van der Waals surface area (Å²) in [5, 5.41) is 0.716. The number of carbonyl (C=O) groups excluding carboxylic acids is 1. The van der Waals surface area contributed by atoms with Gasteiger partial charge in [0.05, 0.1) is 10.6 Å². The molecule has 1 aliphatic carbocycles. The number of hydrogen-bond acceptors (Lipinski definition) is 4. The van der Waals surface area contributed by atoms with Gasteiger partial charge in [-0.15, -0.1) is 11.3 Å². The van der Waals surface area contributed by atoms with Crippen molar-refractivity contribution in [1.82, 2.24) is 0 Å². The van der Waals surface area contributed by atoms with Gasteiger partial charge in [-0.3, -0.25) is 4.79 Å². The van der Waals surface area contributed by atoms with Crippen LogP contribution < -0.4 is 5.73 Å². The van der Waals surface area contributed by atoms with Gasteiger partial charge in [0.25, 0.3) is 0 Å². The van der Waals surface area contributed by atoms with Crippen molar-refractivity contribution in [2.45, 2.75) is 38.0 Å². The minimum absolute atomic E-state index is 0.118. The summed E-state index contributed by atoms with van der Waals surface area (Å²) in [7, 11) is 0. The van der Waals surface area contributed by atoms with E-state index < -0.39 is 0 Å². The van der Waals surface area contributed by atoms with Gasteiger partial charge in [0.2, 0.25) is 0 Å². The van der Waals surface area contributed by atoms with Gasteiger partial charge in [-0.05, 0) is 38.2 Å². The van der Waals surface area contributed by atoms with Gasteiger partial charge >= 0.3 is 0 Å². The number of carbonyl (C=O) groups is 1. The van der Waals surface area contributed by atoms with Crippen molar-refractivity contribution < 1.29 is 9.53 Å². The SMILES string of the molecule is CC(=O)c1c(N)sc2c1C1(CCOCC1)CC2. The second kappa shape index (κ2) is 3.82. The molecule has 0 saturated carbocycles. The van der Waals surface area contributed by atoms with Gasteiger partial charge in [0.1, 0.15) is 0 Å². The maximum Gasteiger partial charge on any atom is 0.163 e. The smallest absolute Gasteiger partial charge is 0.163 e. The molecule has 4 heteroatoms. The molecule has 0 bridgehead atoms. The Hall–Kier alpha value is -0.870. The fraction of sp³-hybridized carbons (Fsp3) is 0.615. The Morgan fingerprint density at radius 2 is 2.06 bits per heavy atom. The predicted octanol–water partition coefficient (Wildman–Crippen LogP) is 2.53. The van der Waals surface area contributed by atoms with E-state index in [0.717, 1.165) is 44.5 Å². The normalized spacial score (nSPS) is 21.7. The molecule has 0 amide bonds. The van der Waals surface area contributed by atoms with E-state index in [2.05, 4.69) is 0 Å². The molecule has 1 aliphatic heterocycles. The van der Waals surface area contributed by atoms with E-state index in [0.29, 0.717) is 5.00 Å². The van der Waals surface area contributed by atoms with Gasteiger partial charge in [0, 0.05) is 23.5 Å². The van der Waals surface area contributed by atoms with Crippen LogP contribution in [0.5, 0.6) is 0 Å². The Morgan fingerprint density at radius 3 is 2.71 bits per heavy atom. The second-order valence-electron chi connectivity index (χ2n) is 5.09. The van der Waals surface area contributed by atoms with Crippen molar-refractivity contribution in [2.24, 2.45) is 0 Å². The van der Waals surface area contributed by atoms with Crippen molar-refractivity contribution >= 4 is 22.1 Å². The highest BCUT2D eigenvalue weighted by molar-refractivity contribution is 7.16. The lowest BCUT2D eigenvalue weighted by molar-refractivity contribution is 0.0502. The average molecular weight is 251 g/mol. The Bertz CT molecular complexity index is 472. The maximum absolute atomic E-state index is 11.8. The summed E-state index contributed by atoms with van der Waals surface area (Å²) in [5.74, 6) is 0.118. The number of aryl methyl sites for hydroxylation is 1. The van der Waals surface area contributed by atoms with Crippen molar-refractivity contribution in [3.05, 3.63) is 16.0 Å². The van der Waals surface area contributed by atoms with Gasteiger partial charge in [-0.2, -0.15) is 0 Å². The third kappa shape index (κ3) is 1.54. The summed E-state index contributed by atoms with van der Waals surface area (Å²) < 4.78 is 5.47. The van der Waals surface area contributed by atoms with Gasteiger partial charge in [-0.1, -0.05) is 0 Å². The molecule has 0 radical (unpaired) electrons. The molecule has 1 saturated heterocycles. The molecule has 92 valence electrons. The van der Waals surface area contributed by atoms with E-state index in [1.165, 1.54) is 10.4 Å². The fourth-order valence-corrected chi connectivity index (χ4v) is 4.56. The summed E-state index contributed by atoms with van der Waals surface area (Å²) >= 11 is 1.62. The first-order valence-corrected chi connectivity index (χ1v) is 6.96. The van der Waals surface area contributed by atoms with Crippen LogP contribution in [-0.2, 0) is 16.6 Å². The zero-order chi connectivity index (χ0) is 12.0. The molecule has 1 aromatic rings. The molecule has 2 heterocycles. The predicted molar refractivity (Wildman–Crippen MR) is 68.8 cm³/mol. The molecule has 0 atom stereocenters. The molecule has 0 aromatic carbocycles. The van der Waals surface area contributed by atoms with E-state index in [-0.39, 0.29) is 11.2 Å². The number of fused-ring (bicyclic) bond motifs is 2. The van der Waals surface area contributed by atoms with Crippen LogP contribution in [0.3, 0.4) is 0 Å². The molecule has 2 aliphatic rings. The summed E-state index contributed by atoms with van der Waals surface area (Å²) in [4.78, 5) is 13.2. The van der Waals surface area contributed by atoms with Crippen molar-refractivity contribution in [2.75, 3.05) is 18.9 Å². The first-order valence-electron chi connectivity index (χ1n) is 6.14. The van der Waals surface area contributed by atoms with Crippen LogP contribution in [0.2, 0.25) is 0 Å². The second-order valence-corrected chi connectivity index (χ2v) is 6.23. The third-order valence-corrected chi connectivity index (χ3v) is 5.25. The minimum Gasteiger partial charge on any atom is -0.390 e. The molecule has 3 rings (SSSR count). The van der Waals surface area contributed by atoms with Crippen LogP contribution in [0.4, 0.5) is 5.00 Å². The largest absolute Gasteiger partial charge is 0.390 e. The molecule has 1 aromatic heterocycles. The van der Waals surface area contributed by atoms with Crippen LogP contribution in [0.25, 0.3) is 0 Å². The van der Waals surface area contributed by atoms with Crippen molar-refractivity contribution in [3.8, 4) is 0 Å². The molecular formula is C13H17NO2S. The molecule has 3 nitrogen and oxygen atoms in total. The van der Waals surface area contributed by atoms with E-state index in [9.17, 15) is 4.79 Å². The van der Waals surface area contributed by atoms with E-state index >= 15 is 0 Å². The number of anilines is 1. The number of nitrogen functional groups attached to an aromatic ring is 1. The molecular weight excluding hydrogens is 234 g/mol.